The van der Waals surface area contributed by atoms with E-state index in [-0.39, 0.29) is 40.4 Å². The SMILES string of the molecule is COc1ccc(C(=O)NCCCOc2ccccc2F)cc1S(=O)(=O)N1CC(C)CC(C)C1. The molecule has 0 saturated carbocycles. The summed E-state index contributed by atoms with van der Waals surface area (Å²) >= 11 is 0. The van der Waals surface area contributed by atoms with Crippen molar-refractivity contribution in [3.8, 4) is 11.5 Å². The highest BCUT2D eigenvalue weighted by Gasteiger charge is 2.34. The first-order valence-corrected chi connectivity index (χ1v) is 12.5. The molecule has 7 nitrogen and oxygen atoms in total. The summed E-state index contributed by atoms with van der Waals surface area (Å²) in [5.41, 5.74) is 0.225. The van der Waals surface area contributed by atoms with Crippen LogP contribution in [-0.2, 0) is 10.0 Å². The molecule has 0 radical (unpaired) electrons. The van der Waals surface area contributed by atoms with Gasteiger partial charge in [-0.2, -0.15) is 4.31 Å². The van der Waals surface area contributed by atoms with E-state index in [1.165, 1.54) is 41.7 Å². The third-order valence-corrected chi connectivity index (χ3v) is 7.43. The van der Waals surface area contributed by atoms with Crippen molar-refractivity contribution in [1.82, 2.24) is 9.62 Å². The molecular weight excluding hydrogens is 447 g/mol. The zero-order valence-electron chi connectivity index (χ0n) is 19.2. The van der Waals surface area contributed by atoms with Crippen molar-refractivity contribution in [2.45, 2.75) is 31.6 Å². The maximum absolute atomic E-state index is 13.6. The Kier molecular flexibility index (Phi) is 8.31. The zero-order chi connectivity index (χ0) is 24.0. The predicted molar refractivity (Wildman–Crippen MR) is 124 cm³/mol. The van der Waals surface area contributed by atoms with E-state index in [0.29, 0.717) is 26.1 Å². The highest BCUT2D eigenvalue weighted by atomic mass is 32.2. The van der Waals surface area contributed by atoms with E-state index < -0.39 is 21.7 Å². The number of hydrogen-bond acceptors (Lipinski definition) is 5. The summed E-state index contributed by atoms with van der Waals surface area (Å²) in [4.78, 5) is 12.6. The number of rotatable bonds is 9. The molecule has 1 saturated heterocycles. The van der Waals surface area contributed by atoms with E-state index in [9.17, 15) is 17.6 Å². The van der Waals surface area contributed by atoms with E-state index in [2.05, 4.69) is 5.32 Å². The summed E-state index contributed by atoms with van der Waals surface area (Å²) in [5, 5.41) is 2.75. The molecule has 0 bridgehead atoms. The van der Waals surface area contributed by atoms with E-state index in [1.54, 1.807) is 12.1 Å². The van der Waals surface area contributed by atoms with Crippen LogP contribution in [0.25, 0.3) is 0 Å². The van der Waals surface area contributed by atoms with Gasteiger partial charge in [0.15, 0.2) is 11.6 Å². The molecule has 1 N–H and O–H groups in total. The van der Waals surface area contributed by atoms with Crippen molar-refractivity contribution in [2.24, 2.45) is 11.8 Å². The van der Waals surface area contributed by atoms with E-state index in [1.807, 2.05) is 13.8 Å². The summed E-state index contributed by atoms with van der Waals surface area (Å²) < 4.78 is 52.4. The van der Waals surface area contributed by atoms with E-state index in [0.717, 1.165) is 6.42 Å². The molecular formula is C24H31FN2O5S. The first-order valence-electron chi connectivity index (χ1n) is 11.1. The Morgan fingerprint density at radius 1 is 1.12 bits per heavy atom. The number of carbonyl (C=O) groups excluding carboxylic acids is 1. The van der Waals surface area contributed by atoms with Gasteiger partial charge in [0.2, 0.25) is 10.0 Å². The van der Waals surface area contributed by atoms with Crippen LogP contribution >= 0.6 is 0 Å². The fourth-order valence-electron chi connectivity index (χ4n) is 4.08. The number of halogens is 1. The van der Waals surface area contributed by atoms with Gasteiger partial charge in [-0.3, -0.25) is 4.79 Å². The number of nitrogens with one attached hydrogen (secondary N) is 1. The van der Waals surface area contributed by atoms with Crippen LogP contribution in [0.2, 0.25) is 0 Å². The molecule has 180 valence electrons. The molecule has 2 aromatic rings. The van der Waals surface area contributed by atoms with Gasteiger partial charge in [-0.1, -0.05) is 26.0 Å². The number of para-hydroxylation sites is 1. The Morgan fingerprint density at radius 2 is 1.82 bits per heavy atom. The largest absolute Gasteiger partial charge is 0.495 e. The monoisotopic (exact) mass is 478 g/mol. The predicted octanol–water partition coefficient (Wildman–Crippen LogP) is 3.70. The van der Waals surface area contributed by atoms with Gasteiger partial charge in [0.25, 0.3) is 5.91 Å². The molecule has 0 spiro atoms. The molecule has 1 aliphatic rings. The molecule has 2 atom stereocenters. The Balaban J connectivity index is 1.64. The second-order valence-corrected chi connectivity index (χ2v) is 10.4. The van der Waals surface area contributed by atoms with Gasteiger partial charge in [0.05, 0.1) is 13.7 Å². The number of nitrogens with zero attached hydrogens (tertiary/aromatic N) is 1. The van der Waals surface area contributed by atoms with Gasteiger partial charge in [0.1, 0.15) is 10.6 Å². The van der Waals surface area contributed by atoms with Crippen molar-refractivity contribution in [2.75, 3.05) is 33.4 Å². The standard InChI is InChI=1S/C24H31FN2O5S/c1-17-13-18(2)16-27(15-17)33(29,30)23-14-19(9-10-22(23)31-3)24(28)26-11-6-12-32-21-8-5-4-7-20(21)25/h4-5,7-10,14,17-18H,6,11-13,15-16H2,1-3H3,(H,26,28). The highest BCUT2D eigenvalue weighted by Crippen LogP contribution is 2.32. The Hall–Kier alpha value is -2.65. The highest BCUT2D eigenvalue weighted by molar-refractivity contribution is 7.89. The van der Waals surface area contributed by atoms with Gasteiger partial charge >= 0.3 is 0 Å². The fraction of sp³-hybridized carbons (Fsp3) is 0.458. The van der Waals surface area contributed by atoms with Crippen molar-refractivity contribution >= 4 is 15.9 Å². The second kappa shape index (κ2) is 11.0. The molecule has 2 unspecified atom stereocenters. The lowest BCUT2D eigenvalue weighted by molar-refractivity contribution is 0.0951. The fourth-order valence-corrected chi connectivity index (χ4v) is 5.94. The smallest absolute Gasteiger partial charge is 0.251 e. The molecule has 0 aliphatic carbocycles. The average Bonchev–Trinajstić information content (AvgIpc) is 2.78. The van der Waals surface area contributed by atoms with Crippen molar-refractivity contribution in [3.63, 3.8) is 0 Å². The van der Waals surface area contributed by atoms with Crippen LogP contribution in [0, 0.1) is 17.7 Å². The average molecular weight is 479 g/mol. The molecule has 2 aromatic carbocycles. The van der Waals surface area contributed by atoms with Crippen LogP contribution in [-0.4, -0.2) is 52.0 Å². The lowest BCUT2D eigenvalue weighted by Crippen LogP contribution is -2.42. The number of hydrogen-bond donors (Lipinski definition) is 1. The van der Waals surface area contributed by atoms with Crippen LogP contribution in [0.1, 0.15) is 37.0 Å². The van der Waals surface area contributed by atoms with Gasteiger partial charge in [-0.05, 0) is 55.0 Å². The summed E-state index contributed by atoms with van der Waals surface area (Å²) in [7, 11) is -2.41. The van der Waals surface area contributed by atoms with Gasteiger partial charge in [-0.25, -0.2) is 12.8 Å². The minimum atomic E-state index is -3.82. The lowest BCUT2D eigenvalue weighted by atomic mass is 9.94. The number of methoxy groups -OCH3 is 1. The second-order valence-electron chi connectivity index (χ2n) is 8.52. The molecule has 1 aliphatic heterocycles. The molecule has 9 heteroatoms. The number of carbonyl (C=O) groups is 1. The molecule has 1 amide bonds. The van der Waals surface area contributed by atoms with Crippen LogP contribution in [0.5, 0.6) is 11.5 Å². The minimum absolute atomic E-state index is 0.0122. The molecule has 33 heavy (non-hydrogen) atoms. The van der Waals surface area contributed by atoms with Crippen LogP contribution in [0.3, 0.4) is 0 Å². The van der Waals surface area contributed by atoms with Crippen LogP contribution in [0.15, 0.2) is 47.4 Å². The van der Waals surface area contributed by atoms with Crippen molar-refractivity contribution in [1.29, 1.82) is 0 Å². The molecule has 0 aromatic heterocycles. The molecule has 1 fully saturated rings. The topological polar surface area (TPSA) is 84.9 Å². The number of benzene rings is 2. The van der Waals surface area contributed by atoms with Crippen LogP contribution in [0.4, 0.5) is 4.39 Å². The van der Waals surface area contributed by atoms with Gasteiger partial charge < -0.3 is 14.8 Å². The number of sulfonamides is 1. The van der Waals surface area contributed by atoms with E-state index >= 15 is 0 Å². The Bertz CT molecular complexity index is 1070. The number of piperidine rings is 1. The minimum Gasteiger partial charge on any atom is -0.495 e. The molecule has 3 rings (SSSR count). The lowest BCUT2D eigenvalue weighted by Gasteiger charge is -2.34. The Morgan fingerprint density at radius 3 is 2.48 bits per heavy atom. The van der Waals surface area contributed by atoms with Gasteiger partial charge in [0, 0.05) is 25.2 Å². The molecule has 1 heterocycles. The normalized spacial score (nSPS) is 19.2. The quantitative estimate of drug-likeness (QED) is 0.556. The summed E-state index contributed by atoms with van der Waals surface area (Å²) in [6, 6.07) is 10.5. The van der Waals surface area contributed by atoms with Crippen LogP contribution < -0.4 is 14.8 Å². The number of ether oxygens (including phenoxy) is 2. The van der Waals surface area contributed by atoms with E-state index in [4.69, 9.17) is 9.47 Å². The Labute approximate surface area is 194 Å². The first-order chi connectivity index (χ1) is 15.7. The summed E-state index contributed by atoms with van der Waals surface area (Å²) in [5.74, 6) is 0.0393. The maximum atomic E-state index is 13.6. The summed E-state index contributed by atoms with van der Waals surface area (Å²) in [6.45, 7) is 5.48. The number of amides is 1. The first kappa shape index (κ1) is 25.0. The summed E-state index contributed by atoms with van der Waals surface area (Å²) in [6.07, 6.45) is 1.44. The third kappa shape index (κ3) is 6.23. The maximum Gasteiger partial charge on any atom is 0.251 e. The van der Waals surface area contributed by atoms with Gasteiger partial charge in [-0.15, -0.1) is 0 Å². The van der Waals surface area contributed by atoms with Crippen molar-refractivity contribution in [3.05, 3.63) is 53.8 Å². The third-order valence-electron chi connectivity index (χ3n) is 5.58. The van der Waals surface area contributed by atoms with Crippen molar-refractivity contribution < 1.29 is 27.1 Å². The zero-order valence-corrected chi connectivity index (χ0v) is 20.0.